The average molecular weight is 533 g/mol. The molecule has 3 N–H and O–H groups in total. The molecular formula is C31H40N4O4. The van der Waals surface area contributed by atoms with Gasteiger partial charge in [0.1, 0.15) is 18.7 Å². The number of ether oxygens (including phenoxy) is 1. The summed E-state index contributed by atoms with van der Waals surface area (Å²) in [7, 11) is 4.77. The molecule has 0 unspecified atom stereocenters. The molecular weight excluding hydrogens is 492 g/mol. The standard InChI is InChI=1S/C31H40N4O4/c1-31(2,32)21-39-20-28(36)34(4)27(19-23-15-16-24-13-9-10-14-25(24)17-23)30(38)35(5)26(29(37)33-3)18-22-11-7-6-8-12-22/h6-17,26-27H,18-21,32H2,1-5H3,(H,33,37)/t26-,27-/m1/s1. The van der Waals surface area contributed by atoms with Crippen molar-refractivity contribution in [2.45, 2.75) is 44.3 Å². The van der Waals surface area contributed by atoms with Crippen LogP contribution < -0.4 is 11.1 Å². The molecule has 39 heavy (non-hydrogen) atoms. The Labute approximate surface area is 231 Å². The van der Waals surface area contributed by atoms with Crippen molar-refractivity contribution < 1.29 is 19.1 Å². The monoisotopic (exact) mass is 532 g/mol. The number of hydrogen-bond acceptors (Lipinski definition) is 5. The number of rotatable bonds is 12. The van der Waals surface area contributed by atoms with Crippen molar-refractivity contribution >= 4 is 28.5 Å². The lowest BCUT2D eigenvalue weighted by Crippen LogP contribution is -2.56. The highest BCUT2D eigenvalue weighted by atomic mass is 16.5. The molecule has 3 aromatic rings. The zero-order chi connectivity index (χ0) is 28.6. The maximum atomic E-state index is 14.0. The molecule has 0 aliphatic rings. The lowest BCUT2D eigenvalue weighted by molar-refractivity contribution is -0.149. The predicted molar refractivity (Wildman–Crippen MR) is 154 cm³/mol. The highest BCUT2D eigenvalue weighted by Crippen LogP contribution is 2.20. The van der Waals surface area contributed by atoms with Crippen LogP contribution in [0, 0.1) is 0 Å². The number of carbonyl (C=O) groups excluding carboxylic acids is 3. The number of fused-ring (bicyclic) bond motifs is 1. The molecule has 0 aromatic heterocycles. The van der Waals surface area contributed by atoms with Gasteiger partial charge in [-0.1, -0.05) is 72.8 Å². The van der Waals surface area contributed by atoms with Crippen LogP contribution in [0.1, 0.15) is 25.0 Å². The Morgan fingerprint density at radius 2 is 1.46 bits per heavy atom. The van der Waals surface area contributed by atoms with E-state index in [4.69, 9.17) is 10.5 Å². The highest BCUT2D eigenvalue weighted by molar-refractivity contribution is 5.92. The van der Waals surface area contributed by atoms with Gasteiger partial charge in [-0.15, -0.1) is 0 Å². The largest absolute Gasteiger partial charge is 0.370 e. The number of amides is 3. The quantitative estimate of drug-likeness (QED) is 0.373. The average Bonchev–Trinajstić information content (AvgIpc) is 2.92. The van der Waals surface area contributed by atoms with Crippen LogP contribution in [0.5, 0.6) is 0 Å². The van der Waals surface area contributed by atoms with Crippen LogP contribution in [0.25, 0.3) is 10.8 Å². The molecule has 0 aliphatic carbocycles. The van der Waals surface area contributed by atoms with Crippen LogP contribution in [0.15, 0.2) is 72.8 Å². The number of hydrogen-bond donors (Lipinski definition) is 2. The Balaban J connectivity index is 1.89. The highest BCUT2D eigenvalue weighted by Gasteiger charge is 2.35. The molecule has 0 radical (unpaired) electrons. The number of carbonyl (C=O) groups is 3. The van der Waals surface area contributed by atoms with E-state index in [9.17, 15) is 14.4 Å². The fourth-order valence-electron chi connectivity index (χ4n) is 4.45. The summed E-state index contributed by atoms with van der Waals surface area (Å²) in [5.41, 5.74) is 7.23. The maximum absolute atomic E-state index is 14.0. The van der Waals surface area contributed by atoms with Gasteiger partial charge in [-0.2, -0.15) is 0 Å². The van der Waals surface area contributed by atoms with Gasteiger partial charge in [0, 0.05) is 39.5 Å². The number of nitrogens with zero attached hydrogens (tertiary/aromatic N) is 2. The SMILES string of the molecule is CNC(=O)[C@@H](Cc1ccccc1)N(C)C(=O)[C@@H](Cc1ccc2ccccc2c1)N(C)C(=O)COCC(C)(C)N. The third-order valence-electron chi connectivity index (χ3n) is 6.72. The van der Waals surface area contributed by atoms with Gasteiger partial charge in [0.25, 0.3) is 0 Å². The Morgan fingerprint density at radius 3 is 2.10 bits per heavy atom. The van der Waals surface area contributed by atoms with Crippen molar-refractivity contribution in [3.8, 4) is 0 Å². The van der Waals surface area contributed by atoms with E-state index in [1.54, 1.807) is 21.1 Å². The molecule has 2 atom stereocenters. The summed E-state index contributed by atoms with van der Waals surface area (Å²) in [6.07, 6.45) is 0.627. The van der Waals surface area contributed by atoms with E-state index in [0.717, 1.165) is 21.9 Å². The van der Waals surface area contributed by atoms with Crippen LogP contribution in [-0.2, 0) is 32.0 Å². The first-order valence-corrected chi connectivity index (χ1v) is 13.1. The Kier molecular flexibility index (Phi) is 10.2. The molecule has 0 aliphatic heterocycles. The summed E-state index contributed by atoms with van der Waals surface area (Å²) in [6.45, 7) is 3.62. The fraction of sp³-hybridized carbons (Fsp3) is 0.387. The predicted octanol–water partition coefficient (Wildman–Crippen LogP) is 2.78. The summed E-state index contributed by atoms with van der Waals surface area (Å²) in [5.74, 6) is -0.948. The number of likely N-dealkylation sites (N-methyl/N-ethyl adjacent to an activating group) is 3. The van der Waals surface area contributed by atoms with E-state index in [0.29, 0.717) is 6.42 Å². The van der Waals surface area contributed by atoms with Gasteiger partial charge in [-0.05, 0) is 35.7 Å². The van der Waals surface area contributed by atoms with Gasteiger partial charge in [-0.25, -0.2) is 0 Å². The van der Waals surface area contributed by atoms with E-state index >= 15 is 0 Å². The normalized spacial score (nSPS) is 13.0. The summed E-state index contributed by atoms with van der Waals surface area (Å²) in [6, 6.07) is 21.9. The van der Waals surface area contributed by atoms with E-state index in [1.807, 2.05) is 86.6 Å². The smallest absolute Gasteiger partial charge is 0.249 e. The minimum atomic E-state index is -0.846. The minimum absolute atomic E-state index is 0.200. The van der Waals surface area contributed by atoms with Crippen molar-refractivity contribution in [3.63, 3.8) is 0 Å². The fourth-order valence-corrected chi connectivity index (χ4v) is 4.45. The maximum Gasteiger partial charge on any atom is 0.249 e. The number of nitrogens with one attached hydrogen (secondary N) is 1. The molecule has 0 bridgehead atoms. The molecule has 8 nitrogen and oxygen atoms in total. The lowest BCUT2D eigenvalue weighted by Gasteiger charge is -2.34. The molecule has 0 spiro atoms. The molecule has 8 heteroatoms. The van der Waals surface area contributed by atoms with Gasteiger partial charge in [-0.3, -0.25) is 14.4 Å². The Morgan fingerprint density at radius 1 is 0.846 bits per heavy atom. The van der Waals surface area contributed by atoms with Crippen molar-refractivity contribution in [2.24, 2.45) is 5.73 Å². The van der Waals surface area contributed by atoms with Crippen molar-refractivity contribution in [1.82, 2.24) is 15.1 Å². The lowest BCUT2D eigenvalue weighted by atomic mass is 9.98. The van der Waals surface area contributed by atoms with Gasteiger partial charge < -0.3 is 25.6 Å². The molecule has 208 valence electrons. The number of benzene rings is 3. The second kappa shape index (κ2) is 13.4. The van der Waals surface area contributed by atoms with Gasteiger partial charge in [0.05, 0.1) is 6.61 Å². The van der Waals surface area contributed by atoms with E-state index < -0.39 is 17.6 Å². The summed E-state index contributed by atoms with van der Waals surface area (Å²) in [4.78, 5) is 43.0. The minimum Gasteiger partial charge on any atom is -0.370 e. The number of nitrogens with two attached hydrogens (primary N) is 1. The molecule has 3 rings (SSSR count). The summed E-state index contributed by atoms with van der Waals surface area (Å²) < 4.78 is 5.56. The zero-order valence-electron chi connectivity index (χ0n) is 23.5. The topological polar surface area (TPSA) is 105 Å². The van der Waals surface area contributed by atoms with E-state index in [2.05, 4.69) is 5.32 Å². The Bertz CT molecular complexity index is 1270. The second-order valence-electron chi connectivity index (χ2n) is 10.7. The third-order valence-corrected chi connectivity index (χ3v) is 6.72. The molecule has 3 aromatic carbocycles. The van der Waals surface area contributed by atoms with E-state index in [1.165, 1.54) is 9.80 Å². The second-order valence-corrected chi connectivity index (χ2v) is 10.7. The first kappa shape index (κ1) is 29.8. The Hall–Kier alpha value is -3.75. The summed E-state index contributed by atoms with van der Waals surface area (Å²) in [5, 5.41) is 4.81. The van der Waals surface area contributed by atoms with Crippen LogP contribution in [0.4, 0.5) is 0 Å². The molecule has 0 saturated carbocycles. The molecule has 0 saturated heterocycles. The third kappa shape index (κ3) is 8.37. The molecule has 0 heterocycles. The first-order chi connectivity index (χ1) is 18.5. The summed E-state index contributed by atoms with van der Waals surface area (Å²) >= 11 is 0. The molecule has 3 amide bonds. The van der Waals surface area contributed by atoms with Crippen LogP contribution >= 0.6 is 0 Å². The van der Waals surface area contributed by atoms with Gasteiger partial charge >= 0.3 is 0 Å². The van der Waals surface area contributed by atoms with E-state index in [-0.39, 0.29) is 37.4 Å². The van der Waals surface area contributed by atoms with Gasteiger partial charge in [0.2, 0.25) is 17.7 Å². The zero-order valence-corrected chi connectivity index (χ0v) is 23.5. The first-order valence-electron chi connectivity index (χ1n) is 13.1. The van der Waals surface area contributed by atoms with Crippen molar-refractivity contribution in [1.29, 1.82) is 0 Å². The molecule has 0 fully saturated rings. The van der Waals surface area contributed by atoms with Crippen LogP contribution in [0.2, 0.25) is 0 Å². The van der Waals surface area contributed by atoms with Gasteiger partial charge in [0.15, 0.2) is 0 Å². The van der Waals surface area contributed by atoms with Crippen molar-refractivity contribution in [3.05, 3.63) is 83.9 Å². The van der Waals surface area contributed by atoms with Crippen LogP contribution in [-0.4, -0.2) is 79.5 Å². The van der Waals surface area contributed by atoms with Crippen LogP contribution in [0.3, 0.4) is 0 Å². The van der Waals surface area contributed by atoms with Crippen molar-refractivity contribution in [2.75, 3.05) is 34.4 Å².